The summed E-state index contributed by atoms with van der Waals surface area (Å²) in [5.41, 5.74) is 4.32. The van der Waals surface area contributed by atoms with Crippen LogP contribution in [-0.2, 0) is 17.6 Å². The molecule has 0 amide bonds. The molecule has 0 spiro atoms. The van der Waals surface area contributed by atoms with Crippen molar-refractivity contribution in [2.24, 2.45) is 5.92 Å². The van der Waals surface area contributed by atoms with Crippen LogP contribution in [0.2, 0.25) is 0 Å². The van der Waals surface area contributed by atoms with Gasteiger partial charge in [-0.05, 0) is 48.9 Å². The van der Waals surface area contributed by atoms with Crippen LogP contribution in [0.5, 0.6) is 0 Å². The molecule has 1 saturated heterocycles. The van der Waals surface area contributed by atoms with Crippen molar-refractivity contribution in [3.05, 3.63) is 34.9 Å². The van der Waals surface area contributed by atoms with Crippen molar-refractivity contribution in [3.8, 4) is 0 Å². The number of rotatable bonds is 5. The van der Waals surface area contributed by atoms with Gasteiger partial charge in [-0.3, -0.25) is 0 Å². The molecule has 1 fully saturated rings. The Balaban J connectivity index is 2.27. The summed E-state index contributed by atoms with van der Waals surface area (Å²) >= 11 is 0. The average Bonchev–Trinajstić information content (AvgIpc) is 2.86. The van der Waals surface area contributed by atoms with Gasteiger partial charge in [0.2, 0.25) is 0 Å². The van der Waals surface area contributed by atoms with E-state index in [0.717, 1.165) is 19.4 Å². The molecule has 2 heteroatoms. The first-order valence-electron chi connectivity index (χ1n) is 7.61. The van der Waals surface area contributed by atoms with E-state index in [9.17, 15) is 0 Å². The smallest absolute Gasteiger partial charge is 0.0795 e. The lowest BCUT2D eigenvalue weighted by molar-refractivity contribution is 0.0631. The van der Waals surface area contributed by atoms with Crippen LogP contribution in [-0.4, -0.2) is 19.8 Å². The van der Waals surface area contributed by atoms with Gasteiger partial charge in [-0.1, -0.05) is 39.0 Å². The zero-order valence-corrected chi connectivity index (χ0v) is 12.7. The molecule has 1 aromatic carbocycles. The Kier molecular flexibility index (Phi) is 5.00. The summed E-state index contributed by atoms with van der Waals surface area (Å²) in [7, 11) is 2.04. The van der Waals surface area contributed by atoms with Crippen molar-refractivity contribution < 1.29 is 4.74 Å². The van der Waals surface area contributed by atoms with E-state index in [1.54, 1.807) is 0 Å². The third-order valence-corrected chi connectivity index (χ3v) is 4.44. The Morgan fingerprint density at radius 2 is 2.00 bits per heavy atom. The molecule has 1 heterocycles. The van der Waals surface area contributed by atoms with Gasteiger partial charge in [0.1, 0.15) is 0 Å². The van der Waals surface area contributed by atoms with Crippen LogP contribution in [0.1, 0.15) is 49.9 Å². The topological polar surface area (TPSA) is 21.3 Å². The molecule has 0 bridgehead atoms. The summed E-state index contributed by atoms with van der Waals surface area (Å²) < 4.78 is 5.94. The Hall–Kier alpha value is -0.860. The Labute approximate surface area is 117 Å². The third-order valence-electron chi connectivity index (χ3n) is 4.44. The molecular weight excluding hydrogens is 234 g/mol. The largest absolute Gasteiger partial charge is 0.376 e. The minimum absolute atomic E-state index is 0.308. The second-order valence-electron chi connectivity index (χ2n) is 5.60. The number of ether oxygens (including phenoxy) is 1. The van der Waals surface area contributed by atoms with Gasteiger partial charge in [0, 0.05) is 6.61 Å². The standard InChI is InChI=1S/C17H27NO/c1-5-13-7-8-15(11-14(13)6-2)16(18-4)17-12(3)9-10-19-17/h7-8,11-12,16-18H,5-6,9-10H2,1-4H3. The van der Waals surface area contributed by atoms with Gasteiger partial charge in [0.05, 0.1) is 12.1 Å². The lowest BCUT2D eigenvalue weighted by Gasteiger charge is -2.27. The van der Waals surface area contributed by atoms with Gasteiger partial charge in [-0.15, -0.1) is 0 Å². The van der Waals surface area contributed by atoms with Crippen LogP contribution in [0, 0.1) is 5.92 Å². The summed E-state index contributed by atoms with van der Waals surface area (Å²) in [6, 6.07) is 7.24. The second kappa shape index (κ2) is 6.53. The first-order valence-corrected chi connectivity index (χ1v) is 7.61. The molecule has 0 aliphatic carbocycles. The van der Waals surface area contributed by atoms with Crippen molar-refractivity contribution >= 4 is 0 Å². The van der Waals surface area contributed by atoms with E-state index in [1.165, 1.54) is 23.1 Å². The van der Waals surface area contributed by atoms with E-state index < -0.39 is 0 Å². The minimum Gasteiger partial charge on any atom is -0.376 e. The Morgan fingerprint density at radius 1 is 1.26 bits per heavy atom. The number of benzene rings is 1. The molecular formula is C17H27NO. The molecule has 1 N–H and O–H groups in total. The molecule has 2 rings (SSSR count). The van der Waals surface area contributed by atoms with Crippen molar-refractivity contribution in [1.29, 1.82) is 0 Å². The van der Waals surface area contributed by atoms with Gasteiger partial charge in [0.25, 0.3) is 0 Å². The summed E-state index contributed by atoms with van der Waals surface area (Å²) in [6.45, 7) is 7.66. The van der Waals surface area contributed by atoms with Gasteiger partial charge < -0.3 is 10.1 Å². The lowest BCUT2D eigenvalue weighted by Crippen LogP contribution is -2.32. The van der Waals surface area contributed by atoms with Crippen molar-refractivity contribution in [1.82, 2.24) is 5.32 Å². The van der Waals surface area contributed by atoms with Gasteiger partial charge >= 0.3 is 0 Å². The van der Waals surface area contributed by atoms with E-state index in [2.05, 4.69) is 44.3 Å². The monoisotopic (exact) mass is 261 g/mol. The predicted molar refractivity (Wildman–Crippen MR) is 80.5 cm³/mol. The van der Waals surface area contributed by atoms with Gasteiger partial charge in [0.15, 0.2) is 0 Å². The minimum atomic E-state index is 0.308. The lowest BCUT2D eigenvalue weighted by atomic mass is 9.90. The zero-order valence-electron chi connectivity index (χ0n) is 12.7. The molecule has 1 aliphatic rings. The van der Waals surface area contributed by atoms with Crippen LogP contribution in [0.3, 0.4) is 0 Å². The molecule has 0 aromatic heterocycles. The van der Waals surface area contributed by atoms with E-state index in [0.29, 0.717) is 18.1 Å². The third kappa shape index (κ3) is 3.01. The predicted octanol–water partition coefficient (Wildman–Crippen LogP) is 3.50. The Bertz CT molecular complexity index is 416. The maximum Gasteiger partial charge on any atom is 0.0795 e. The first kappa shape index (κ1) is 14.5. The summed E-state index contributed by atoms with van der Waals surface area (Å²) in [5.74, 6) is 0.633. The number of hydrogen-bond donors (Lipinski definition) is 1. The van der Waals surface area contributed by atoms with E-state index >= 15 is 0 Å². The highest BCUT2D eigenvalue weighted by molar-refractivity contribution is 5.34. The quantitative estimate of drug-likeness (QED) is 0.876. The molecule has 1 aliphatic heterocycles. The van der Waals surface area contributed by atoms with Crippen LogP contribution < -0.4 is 5.32 Å². The molecule has 0 saturated carbocycles. The van der Waals surface area contributed by atoms with E-state index in [4.69, 9.17) is 4.74 Å². The number of likely N-dealkylation sites (N-methyl/N-ethyl adjacent to an activating group) is 1. The van der Waals surface area contributed by atoms with Crippen molar-refractivity contribution in [2.45, 2.75) is 52.2 Å². The molecule has 1 aromatic rings. The number of nitrogens with one attached hydrogen (secondary N) is 1. The normalized spacial score (nSPS) is 24.6. The molecule has 106 valence electrons. The van der Waals surface area contributed by atoms with Gasteiger partial charge in [-0.2, -0.15) is 0 Å². The Morgan fingerprint density at radius 3 is 2.53 bits per heavy atom. The molecule has 3 unspecified atom stereocenters. The highest BCUT2D eigenvalue weighted by Crippen LogP contribution is 2.32. The average molecular weight is 261 g/mol. The molecule has 3 atom stereocenters. The summed E-state index contributed by atoms with van der Waals surface area (Å²) in [5, 5.41) is 3.45. The van der Waals surface area contributed by atoms with Crippen LogP contribution in [0.15, 0.2) is 18.2 Å². The maximum atomic E-state index is 5.94. The van der Waals surface area contributed by atoms with E-state index in [-0.39, 0.29) is 0 Å². The fourth-order valence-corrected chi connectivity index (χ4v) is 3.18. The fourth-order valence-electron chi connectivity index (χ4n) is 3.18. The maximum absolute atomic E-state index is 5.94. The van der Waals surface area contributed by atoms with Gasteiger partial charge in [-0.25, -0.2) is 0 Å². The van der Waals surface area contributed by atoms with Crippen molar-refractivity contribution in [2.75, 3.05) is 13.7 Å². The molecule has 2 nitrogen and oxygen atoms in total. The van der Waals surface area contributed by atoms with Crippen molar-refractivity contribution in [3.63, 3.8) is 0 Å². The summed E-state index contributed by atoms with van der Waals surface area (Å²) in [4.78, 5) is 0. The highest BCUT2D eigenvalue weighted by Gasteiger charge is 2.32. The number of hydrogen-bond acceptors (Lipinski definition) is 2. The van der Waals surface area contributed by atoms with Crippen LogP contribution in [0.25, 0.3) is 0 Å². The first-order chi connectivity index (χ1) is 9.21. The highest BCUT2D eigenvalue weighted by atomic mass is 16.5. The summed E-state index contributed by atoms with van der Waals surface area (Å²) in [6.07, 6.45) is 3.71. The fraction of sp³-hybridized carbons (Fsp3) is 0.647. The second-order valence-corrected chi connectivity index (χ2v) is 5.60. The van der Waals surface area contributed by atoms with Crippen LogP contribution >= 0.6 is 0 Å². The SMILES string of the molecule is CCc1ccc(C(NC)C2OCCC2C)cc1CC. The number of aryl methyl sites for hydroxylation is 2. The van der Waals surface area contributed by atoms with Crippen LogP contribution in [0.4, 0.5) is 0 Å². The van der Waals surface area contributed by atoms with E-state index in [1.807, 2.05) is 7.05 Å². The molecule has 19 heavy (non-hydrogen) atoms. The zero-order chi connectivity index (χ0) is 13.8. The molecule has 0 radical (unpaired) electrons.